The molecular weight excluding hydrogens is 284 g/mol. The average molecular weight is 308 g/mol. The van der Waals surface area contributed by atoms with Crippen LogP contribution in [0.1, 0.15) is 48.8 Å². The van der Waals surface area contributed by atoms with Gasteiger partial charge >= 0.3 is 0 Å². The zero-order valence-corrected chi connectivity index (χ0v) is 14.0. The molecule has 3 rings (SSSR count). The van der Waals surface area contributed by atoms with Gasteiger partial charge in [-0.1, -0.05) is 32.9 Å². The molecule has 0 unspecified atom stereocenters. The minimum absolute atomic E-state index is 0.0443. The summed E-state index contributed by atoms with van der Waals surface area (Å²) >= 11 is 0. The maximum Gasteiger partial charge on any atom is 0.122 e. The molecule has 0 bridgehead atoms. The van der Waals surface area contributed by atoms with Gasteiger partial charge in [-0.15, -0.1) is 0 Å². The number of hydrogen-bond donors (Lipinski definition) is 3. The number of phenols is 1. The molecule has 3 nitrogen and oxygen atoms in total. The highest BCUT2D eigenvalue weighted by Gasteiger charge is 2.19. The molecule has 0 fully saturated rings. The van der Waals surface area contributed by atoms with E-state index in [4.69, 9.17) is 0 Å². The lowest BCUT2D eigenvalue weighted by Crippen LogP contribution is -2.13. The molecule has 0 spiro atoms. The van der Waals surface area contributed by atoms with E-state index in [0.29, 0.717) is 18.6 Å². The first-order valence-corrected chi connectivity index (χ1v) is 8.03. The summed E-state index contributed by atoms with van der Waals surface area (Å²) in [6.07, 6.45) is 5.25. The van der Waals surface area contributed by atoms with Crippen molar-refractivity contribution in [2.24, 2.45) is 0 Å². The van der Waals surface area contributed by atoms with E-state index in [-0.39, 0.29) is 5.41 Å². The third-order valence-electron chi connectivity index (χ3n) is 4.22. The van der Waals surface area contributed by atoms with Gasteiger partial charge in [0.05, 0.1) is 0 Å². The molecule has 0 aliphatic heterocycles. The second-order valence-electron chi connectivity index (χ2n) is 7.14. The number of H-pyrrole nitrogens is 2. The van der Waals surface area contributed by atoms with Gasteiger partial charge in [0, 0.05) is 47.8 Å². The molecule has 0 saturated heterocycles. The van der Waals surface area contributed by atoms with Gasteiger partial charge in [-0.2, -0.15) is 0 Å². The summed E-state index contributed by atoms with van der Waals surface area (Å²) in [4.78, 5) is 6.44. The van der Waals surface area contributed by atoms with Crippen molar-refractivity contribution in [2.45, 2.75) is 39.0 Å². The van der Waals surface area contributed by atoms with Gasteiger partial charge in [0.1, 0.15) is 5.75 Å². The van der Waals surface area contributed by atoms with Crippen molar-refractivity contribution in [2.75, 3.05) is 0 Å². The first-order valence-electron chi connectivity index (χ1n) is 8.03. The van der Waals surface area contributed by atoms with Crippen LogP contribution in [0.3, 0.4) is 0 Å². The zero-order valence-electron chi connectivity index (χ0n) is 14.0. The van der Waals surface area contributed by atoms with E-state index in [2.05, 4.69) is 42.9 Å². The molecule has 120 valence electrons. The fourth-order valence-electron chi connectivity index (χ4n) is 2.83. The number of phenolic OH excluding ortho intramolecular Hbond substituents is 1. The normalized spacial score (nSPS) is 11.8. The van der Waals surface area contributed by atoms with Gasteiger partial charge in [-0.05, 0) is 35.2 Å². The Balaban J connectivity index is 2.03. The monoisotopic (exact) mass is 308 g/mol. The summed E-state index contributed by atoms with van der Waals surface area (Å²) in [6, 6.07) is 12.3. The van der Waals surface area contributed by atoms with Crippen molar-refractivity contribution in [3.05, 3.63) is 76.9 Å². The van der Waals surface area contributed by atoms with Gasteiger partial charge in [-0.25, -0.2) is 0 Å². The molecular formula is C20H24N2O. The molecule has 2 heterocycles. The number of aromatic nitrogens is 2. The summed E-state index contributed by atoms with van der Waals surface area (Å²) in [6.45, 7) is 6.61. The fraction of sp³-hybridized carbons (Fsp3) is 0.300. The largest absolute Gasteiger partial charge is 0.507 e. The number of rotatable bonds is 4. The Hall–Kier alpha value is -2.42. The van der Waals surface area contributed by atoms with Crippen LogP contribution in [0.4, 0.5) is 0 Å². The summed E-state index contributed by atoms with van der Waals surface area (Å²) in [5.74, 6) is 0.405. The van der Waals surface area contributed by atoms with Crippen LogP contribution >= 0.6 is 0 Å². The smallest absolute Gasteiger partial charge is 0.122 e. The fourth-order valence-corrected chi connectivity index (χ4v) is 2.83. The van der Waals surface area contributed by atoms with E-state index >= 15 is 0 Å². The molecule has 3 N–H and O–H groups in total. The van der Waals surface area contributed by atoms with Crippen molar-refractivity contribution in [1.29, 1.82) is 0 Å². The summed E-state index contributed by atoms with van der Waals surface area (Å²) in [5, 5.41) is 10.7. The molecule has 0 atom stereocenters. The minimum atomic E-state index is 0.0443. The molecule has 3 heteroatoms. The van der Waals surface area contributed by atoms with Gasteiger partial charge in [0.2, 0.25) is 0 Å². The van der Waals surface area contributed by atoms with E-state index in [1.54, 1.807) is 0 Å². The Morgan fingerprint density at radius 1 is 0.870 bits per heavy atom. The van der Waals surface area contributed by atoms with Crippen molar-refractivity contribution in [3.63, 3.8) is 0 Å². The minimum Gasteiger partial charge on any atom is -0.507 e. The maximum atomic E-state index is 10.7. The standard InChI is InChI=1S/C20H24N2O/c1-20(2,3)16-10-14(12-17-6-4-8-21-17)19(23)15(11-16)13-18-7-5-9-22-18/h4-11,21-23H,12-13H2,1-3H3. The molecule has 0 saturated carbocycles. The molecule has 0 aliphatic rings. The van der Waals surface area contributed by atoms with Crippen LogP contribution in [0.15, 0.2) is 48.8 Å². The van der Waals surface area contributed by atoms with Crippen LogP contribution in [-0.4, -0.2) is 15.1 Å². The Labute approximate surface area is 137 Å². The van der Waals surface area contributed by atoms with Crippen LogP contribution in [0, 0.1) is 0 Å². The van der Waals surface area contributed by atoms with Crippen LogP contribution in [0.5, 0.6) is 5.75 Å². The number of aromatic amines is 2. The Kier molecular flexibility index (Phi) is 4.03. The van der Waals surface area contributed by atoms with Crippen LogP contribution in [-0.2, 0) is 18.3 Å². The number of hydrogen-bond acceptors (Lipinski definition) is 1. The Morgan fingerprint density at radius 3 is 1.70 bits per heavy atom. The third-order valence-corrected chi connectivity index (χ3v) is 4.22. The van der Waals surface area contributed by atoms with Gasteiger partial charge < -0.3 is 15.1 Å². The van der Waals surface area contributed by atoms with Crippen molar-refractivity contribution in [1.82, 2.24) is 9.97 Å². The molecule has 3 aromatic rings. The van der Waals surface area contributed by atoms with Crippen molar-refractivity contribution in [3.8, 4) is 5.75 Å². The second-order valence-corrected chi connectivity index (χ2v) is 7.14. The highest BCUT2D eigenvalue weighted by atomic mass is 16.3. The summed E-state index contributed by atoms with van der Waals surface area (Å²) < 4.78 is 0. The first kappa shape index (κ1) is 15.5. The maximum absolute atomic E-state index is 10.7. The highest BCUT2D eigenvalue weighted by molar-refractivity contribution is 5.48. The van der Waals surface area contributed by atoms with Gasteiger partial charge in [0.15, 0.2) is 0 Å². The van der Waals surface area contributed by atoms with Crippen LogP contribution in [0.2, 0.25) is 0 Å². The van der Waals surface area contributed by atoms with Gasteiger partial charge in [-0.3, -0.25) is 0 Å². The molecule has 0 radical (unpaired) electrons. The van der Waals surface area contributed by atoms with E-state index in [1.165, 1.54) is 5.56 Å². The van der Waals surface area contributed by atoms with E-state index in [1.807, 2.05) is 36.7 Å². The molecule has 0 amide bonds. The number of aromatic hydroxyl groups is 1. The second kappa shape index (κ2) is 5.99. The number of nitrogens with one attached hydrogen (secondary N) is 2. The average Bonchev–Trinajstić information content (AvgIpc) is 3.15. The predicted octanol–water partition coefficient (Wildman–Crippen LogP) is 4.53. The van der Waals surface area contributed by atoms with E-state index in [9.17, 15) is 5.11 Å². The molecule has 1 aromatic carbocycles. The SMILES string of the molecule is CC(C)(C)c1cc(Cc2ccc[nH]2)c(O)c(Cc2ccc[nH]2)c1. The quantitative estimate of drug-likeness (QED) is 0.652. The lowest BCUT2D eigenvalue weighted by Gasteiger charge is -2.22. The van der Waals surface area contributed by atoms with Crippen LogP contribution in [0.25, 0.3) is 0 Å². The zero-order chi connectivity index (χ0) is 16.4. The topological polar surface area (TPSA) is 51.8 Å². The molecule has 0 aliphatic carbocycles. The Bertz CT molecular complexity index is 705. The summed E-state index contributed by atoms with van der Waals surface area (Å²) in [5.41, 5.74) is 5.46. The lowest BCUT2D eigenvalue weighted by molar-refractivity contribution is 0.461. The predicted molar refractivity (Wildman–Crippen MR) is 94.0 cm³/mol. The van der Waals surface area contributed by atoms with Crippen molar-refractivity contribution < 1.29 is 5.11 Å². The molecule has 23 heavy (non-hydrogen) atoms. The van der Waals surface area contributed by atoms with Gasteiger partial charge in [0.25, 0.3) is 0 Å². The number of benzene rings is 1. The van der Waals surface area contributed by atoms with E-state index in [0.717, 1.165) is 22.5 Å². The van der Waals surface area contributed by atoms with Crippen LogP contribution < -0.4 is 0 Å². The first-order chi connectivity index (χ1) is 10.9. The third kappa shape index (κ3) is 3.50. The lowest BCUT2D eigenvalue weighted by atomic mass is 9.83. The highest BCUT2D eigenvalue weighted by Crippen LogP contribution is 2.33. The van der Waals surface area contributed by atoms with E-state index < -0.39 is 0 Å². The van der Waals surface area contributed by atoms with Crippen molar-refractivity contribution >= 4 is 0 Å². The Morgan fingerprint density at radius 2 is 1.35 bits per heavy atom. The summed E-state index contributed by atoms with van der Waals surface area (Å²) in [7, 11) is 0. The molecule has 2 aromatic heterocycles.